The molecule has 118 valence electrons. The summed E-state index contributed by atoms with van der Waals surface area (Å²) in [5, 5.41) is 2.73. The van der Waals surface area contributed by atoms with E-state index in [9.17, 15) is 17.6 Å². The Balaban J connectivity index is 2.31. The van der Waals surface area contributed by atoms with Gasteiger partial charge in [0.1, 0.15) is 5.69 Å². The van der Waals surface area contributed by atoms with E-state index in [0.717, 1.165) is 19.3 Å². The Morgan fingerprint density at radius 3 is 2.14 bits per heavy atom. The average molecular weight is 303 g/mol. The molecular weight excluding hydrogens is 282 g/mol. The quantitative estimate of drug-likeness (QED) is 0.604. The predicted molar refractivity (Wildman–Crippen MR) is 75.0 cm³/mol. The number of anilines is 1. The molecule has 1 aliphatic carbocycles. The van der Waals surface area contributed by atoms with Gasteiger partial charge in [0.15, 0.2) is 23.3 Å². The van der Waals surface area contributed by atoms with Crippen molar-refractivity contribution in [1.29, 1.82) is 0 Å². The fourth-order valence-corrected chi connectivity index (χ4v) is 3.25. The molecule has 21 heavy (non-hydrogen) atoms. The molecule has 1 N–H and O–H groups in total. The van der Waals surface area contributed by atoms with Gasteiger partial charge in [0.05, 0.1) is 0 Å². The second kappa shape index (κ2) is 6.24. The van der Waals surface area contributed by atoms with Gasteiger partial charge in [0, 0.05) is 12.1 Å². The molecule has 0 saturated heterocycles. The highest BCUT2D eigenvalue weighted by molar-refractivity contribution is 5.48. The first-order valence-corrected chi connectivity index (χ1v) is 7.40. The fraction of sp³-hybridized carbons (Fsp3) is 0.625. The number of nitrogens with one attached hydrogen (secondary N) is 1. The van der Waals surface area contributed by atoms with E-state index < -0.39 is 29.0 Å². The molecule has 0 bridgehead atoms. The Hall–Kier alpha value is -1.26. The third kappa shape index (κ3) is 3.33. The molecule has 0 radical (unpaired) electrons. The number of halogens is 4. The maximum absolute atomic E-state index is 13.8. The van der Waals surface area contributed by atoms with Crippen LogP contribution in [0.4, 0.5) is 23.2 Å². The zero-order valence-corrected chi connectivity index (χ0v) is 12.5. The van der Waals surface area contributed by atoms with Gasteiger partial charge in [-0.3, -0.25) is 0 Å². The molecule has 5 heteroatoms. The second-order valence-electron chi connectivity index (χ2n) is 6.42. The average Bonchev–Trinajstić information content (AvgIpc) is 2.41. The molecule has 0 spiro atoms. The first-order valence-electron chi connectivity index (χ1n) is 7.40. The summed E-state index contributed by atoms with van der Waals surface area (Å²) >= 11 is 0. The number of hydrogen-bond donors (Lipinski definition) is 1. The van der Waals surface area contributed by atoms with Gasteiger partial charge >= 0.3 is 0 Å². The van der Waals surface area contributed by atoms with Gasteiger partial charge in [-0.05, 0) is 30.6 Å². The van der Waals surface area contributed by atoms with Crippen molar-refractivity contribution in [3.8, 4) is 0 Å². The predicted octanol–water partition coefficient (Wildman–Crippen LogP) is 5.12. The van der Waals surface area contributed by atoms with Crippen LogP contribution >= 0.6 is 0 Å². The minimum absolute atomic E-state index is 0.182. The number of hydrogen-bond acceptors (Lipinski definition) is 1. The molecule has 1 aliphatic rings. The van der Waals surface area contributed by atoms with E-state index in [-0.39, 0.29) is 18.0 Å². The molecule has 1 nitrogen and oxygen atoms in total. The molecule has 2 rings (SSSR count). The van der Waals surface area contributed by atoms with Gasteiger partial charge in [-0.1, -0.05) is 27.2 Å². The van der Waals surface area contributed by atoms with Crippen LogP contribution in [0, 0.1) is 41.0 Å². The van der Waals surface area contributed by atoms with Crippen molar-refractivity contribution in [1.82, 2.24) is 0 Å². The van der Waals surface area contributed by atoms with Crippen molar-refractivity contribution in [2.75, 3.05) is 5.32 Å². The monoisotopic (exact) mass is 303 g/mol. The van der Waals surface area contributed by atoms with Crippen LogP contribution in [0.15, 0.2) is 6.07 Å². The standard InChI is InChI=1S/C16H21F4N/c1-8(2)10-5-4-9(3)6-13(10)21-16-14(19)11(17)7-12(18)15(16)20/h7-10,13,21H,4-6H2,1-3H3. The first kappa shape index (κ1) is 16.1. The minimum Gasteiger partial charge on any atom is -0.377 e. The zero-order chi connectivity index (χ0) is 15.7. The lowest BCUT2D eigenvalue weighted by atomic mass is 9.74. The Labute approximate surface area is 122 Å². The molecule has 3 atom stereocenters. The summed E-state index contributed by atoms with van der Waals surface area (Å²) in [7, 11) is 0. The highest BCUT2D eigenvalue weighted by Crippen LogP contribution is 2.36. The van der Waals surface area contributed by atoms with Crippen molar-refractivity contribution in [3.63, 3.8) is 0 Å². The van der Waals surface area contributed by atoms with Crippen molar-refractivity contribution in [2.45, 2.75) is 46.1 Å². The van der Waals surface area contributed by atoms with E-state index in [0.29, 0.717) is 11.8 Å². The highest BCUT2D eigenvalue weighted by Gasteiger charge is 2.32. The number of rotatable bonds is 3. The molecule has 0 amide bonds. The molecule has 0 heterocycles. The normalized spacial score (nSPS) is 26.2. The smallest absolute Gasteiger partial charge is 0.185 e. The summed E-state index contributed by atoms with van der Waals surface area (Å²) in [4.78, 5) is 0. The summed E-state index contributed by atoms with van der Waals surface area (Å²) in [5.74, 6) is -4.47. The fourth-order valence-electron chi connectivity index (χ4n) is 3.25. The maximum Gasteiger partial charge on any atom is 0.185 e. The van der Waals surface area contributed by atoms with Gasteiger partial charge in [-0.15, -0.1) is 0 Å². The summed E-state index contributed by atoms with van der Waals surface area (Å²) < 4.78 is 54.1. The van der Waals surface area contributed by atoms with Crippen LogP contribution < -0.4 is 5.32 Å². The molecule has 0 aliphatic heterocycles. The molecule has 1 aromatic rings. The van der Waals surface area contributed by atoms with Crippen molar-refractivity contribution in [2.24, 2.45) is 17.8 Å². The lowest BCUT2D eigenvalue weighted by Crippen LogP contribution is -2.38. The number of benzene rings is 1. The molecule has 0 aromatic heterocycles. The molecular formula is C16H21F4N. The van der Waals surface area contributed by atoms with Crippen molar-refractivity contribution < 1.29 is 17.6 Å². The van der Waals surface area contributed by atoms with E-state index in [1.807, 2.05) is 13.8 Å². The Bertz CT molecular complexity index is 489. The third-order valence-electron chi connectivity index (χ3n) is 4.46. The summed E-state index contributed by atoms with van der Waals surface area (Å²) in [6, 6.07) is 0.0539. The van der Waals surface area contributed by atoms with Gasteiger partial charge in [-0.25, -0.2) is 17.6 Å². The van der Waals surface area contributed by atoms with Crippen LogP contribution in [0.25, 0.3) is 0 Å². The van der Waals surface area contributed by atoms with Crippen LogP contribution in [0.2, 0.25) is 0 Å². The van der Waals surface area contributed by atoms with E-state index in [1.54, 1.807) is 0 Å². The SMILES string of the molecule is CC1CCC(C(C)C)C(Nc2c(F)c(F)cc(F)c2F)C1. The van der Waals surface area contributed by atoms with E-state index in [1.165, 1.54) is 0 Å². The maximum atomic E-state index is 13.8. The molecule has 1 saturated carbocycles. The van der Waals surface area contributed by atoms with Gasteiger partial charge < -0.3 is 5.32 Å². The van der Waals surface area contributed by atoms with Crippen molar-refractivity contribution in [3.05, 3.63) is 29.3 Å². The summed E-state index contributed by atoms with van der Waals surface area (Å²) in [5.41, 5.74) is -0.683. The van der Waals surface area contributed by atoms with E-state index in [4.69, 9.17) is 0 Å². The van der Waals surface area contributed by atoms with E-state index in [2.05, 4.69) is 12.2 Å². The second-order valence-corrected chi connectivity index (χ2v) is 6.42. The lowest BCUT2D eigenvalue weighted by molar-refractivity contribution is 0.211. The Kier molecular flexibility index (Phi) is 4.79. The molecule has 3 unspecified atom stereocenters. The summed E-state index contributed by atoms with van der Waals surface area (Å²) in [6.07, 6.45) is 2.74. The van der Waals surface area contributed by atoms with Crippen LogP contribution in [-0.2, 0) is 0 Å². The van der Waals surface area contributed by atoms with E-state index >= 15 is 0 Å². The minimum atomic E-state index is -1.37. The first-order chi connectivity index (χ1) is 9.81. The lowest BCUT2D eigenvalue weighted by Gasteiger charge is -2.38. The van der Waals surface area contributed by atoms with Crippen LogP contribution in [0.1, 0.15) is 40.0 Å². The Morgan fingerprint density at radius 2 is 1.62 bits per heavy atom. The van der Waals surface area contributed by atoms with Crippen LogP contribution in [0.3, 0.4) is 0 Å². The largest absolute Gasteiger partial charge is 0.377 e. The van der Waals surface area contributed by atoms with Gasteiger partial charge in [0.25, 0.3) is 0 Å². The third-order valence-corrected chi connectivity index (χ3v) is 4.46. The molecule has 1 aromatic carbocycles. The van der Waals surface area contributed by atoms with Crippen LogP contribution in [-0.4, -0.2) is 6.04 Å². The van der Waals surface area contributed by atoms with Gasteiger partial charge in [-0.2, -0.15) is 0 Å². The Morgan fingerprint density at radius 1 is 1.05 bits per heavy atom. The van der Waals surface area contributed by atoms with Gasteiger partial charge in [0.2, 0.25) is 0 Å². The van der Waals surface area contributed by atoms with Crippen LogP contribution in [0.5, 0.6) is 0 Å². The van der Waals surface area contributed by atoms with Crippen molar-refractivity contribution >= 4 is 5.69 Å². The zero-order valence-electron chi connectivity index (χ0n) is 12.5. The topological polar surface area (TPSA) is 12.0 Å². The molecule has 1 fully saturated rings. The summed E-state index contributed by atoms with van der Waals surface area (Å²) in [6.45, 7) is 6.17. The highest BCUT2D eigenvalue weighted by atomic mass is 19.2.